The van der Waals surface area contributed by atoms with E-state index in [9.17, 15) is 10.2 Å². The van der Waals surface area contributed by atoms with Crippen molar-refractivity contribution in [2.24, 2.45) is 44.3 Å². The van der Waals surface area contributed by atoms with Gasteiger partial charge in [0.25, 0.3) is 0 Å². The zero-order valence-electron chi connectivity index (χ0n) is 22.0. The van der Waals surface area contributed by atoms with Crippen molar-refractivity contribution in [2.75, 3.05) is 0 Å². The van der Waals surface area contributed by atoms with Crippen molar-refractivity contribution in [3.05, 3.63) is 23.3 Å². The van der Waals surface area contributed by atoms with Crippen LogP contribution in [0, 0.1) is 44.3 Å². The fourth-order valence-corrected chi connectivity index (χ4v) is 9.75. The predicted octanol–water partition coefficient (Wildman–Crippen LogP) is 7.06. The lowest BCUT2D eigenvalue weighted by atomic mass is 9.36. The van der Waals surface area contributed by atoms with E-state index in [1.165, 1.54) is 44.1 Å². The van der Waals surface area contributed by atoms with Crippen LogP contribution in [0.2, 0.25) is 0 Å². The van der Waals surface area contributed by atoms with Gasteiger partial charge in [-0.05, 0) is 83.9 Å². The molecule has 5 aliphatic rings. The summed E-state index contributed by atoms with van der Waals surface area (Å²) in [5.41, 5.74) is 3.91. The SMILES string of the molecule is CC1(C)CC[C@]2(C)CC[C@]3(C)C(=CC=C4[C@]5(C)C(CC[C@]43C)C(C)(C)C(O)C[C@H]5O)[C@H]2C1. The van der Waals surface area contributed by atoms with Gasteiger partial charge in [0.05, 0.1) is 12.2 Å². The first-order chi connectivity index (χ1) is 14.6. The molecule has 0 aliphatic heterocycles. The van der Waals surface area contributed by atoms with Crippen molar-refractivity contribution in [3.8, 4) is 0 Å². The monoisotopic (exact) mass is 440 g/mol. The lowest BCUT2D eigenvalue weighted by Gasteiger charge is -2.69. The van der Waals surface area contributed by atoms with Gasteiger partial charge in [0.15, 0.2) is 0 Å². The lowest BCUT2D eigenvalue weighted by molar-refractivity contribution is -0.175. The molecule has 0 spiro atoms. The van der Waals surface area contributed by atoms with E-state index in [1.807, 2.05) is 0 Å². The van der Waals surface area contributed by atoms with Gasteiger partial charge in [-0.15, -0.1) is 0 Å². The van der Waals surface area contributed by atoms with Crippen LogP contribution in [0.25, 0.3) is 0 Å². The summed E-state index contributed by atoms with van der Waals surface area (Å²) in [4.78, 5) is 0. The Kier molecular flexibility index (Phi) is 4.73. The standard InChI is InChI=1S/C30H48O2/c1-25(2)13-14-27(5)15-16-28(6)19(20(27)18-25)9-10-22-29(28,7)12-11-21-26(3,4)23(31)17-24(32)30(21,22)8/h9-10,20-21,23-24,31-32H,11-18H2,1-8H3/t20-,21?,23?,24-,27-,28-,29-,30+/m1/s1. The third-order valence-electron chi connectivity index (χ3n) is 12.6. The Morgan fingerprint density at radius 2 is 1.41 bits per heavy atom. The molecule has 2 unspecified atom stereocenters. The van der Waals surface area contributed by atoms with E-state index in [1.54, 1.807) is 5.57 Å². The third kappa shape index (κ3) is 2.66. The molecule has 5 aliphatic carbocycles. The molecule has 0 aromatic carbocycles. The number of fused-ring (bicyclic) bond motifs is 7. The number of aliphatic hydroxyl groups is 2. The fraction of sp³-hybridized carbons (Fsp3) is 0.867. The summed E-state index contributed by atoms with van der Waals surface area (Å²) in [7, 11) is 0. The molecule has 0 heterocycles. The second-order valence-electron chi connectivity index (χ2n) is 14.9. The van der Waals surface area contributed by atoms with E-state index >= 15 is 0 Å². The summed E-state index contributed by atoms with van der Waals surface area (Å²) in [6.45, 7) is 19.4. The highest BCUT2D eigenvalue weighted by atomic mass is 16.3. The van der Waals surface area contributed by atoms with E-state index in [-0.39, 0.29) is 21.7 Å². The van der Waals surface area contributed by atoms with Crippen LogP contribution >= 0.6 is 0 Å². The van der Waals surface area contributed by atoms with E-state index in [2.05, 4.69) is 67.5 Å². The fourth-order valence-electron chi connectivity index (χ4n) is 9.75. The minimum atomic E-state index is -0.470. The maximum Gasteiger partial charge on any atom is 0.0658 e. The highest BCUT2D eigenvalue weighted by molar-refractivity contribution is 5.46. The van der Waals surface area contributed by atoms with Crippen molar-refractivity contribution < 1.29 is 10.2 Å². The molecular weight excluding hydrogens is 392 g/mol. The third-order valence-corrected chi connectivity index (χ3v) is 12.6. The molecule has 5 rings (SSSR count). The average molecular weight is 441 g/mol. The molecule has 0 aromatic rings. The van der Waals surface area contributed by atoms with Crippen LogP contribution in [0.3, 0.4) is 0 Å². The van der Waals surface area contributed by atoms with E-state index in [4.69, 9.17) is 0 Å². The first-order valence-electron chi connectivity index (χ1n) is 13.4. The molecule has 0 amide bonds. The van der Waals surface area contributed by atoms with Crippen molar-refractivity contribution in [2.45, 2.75) is 119 Å². The van der Waals surface area contributed by atoms with Gasteiger partial charge >= 0.3 is 0 Å². The van der Waals surface area contributed by atoms with Crippen molar-refractivity contribution in [1.82, 2.24) is 0 Å². The van der Waals surface area contributed by atoms with Crippen LogP contribution in [0.1, 0.15) is 107 Å². The molecule has 2 heteroatoms. The molecular formula is C30H48O2. The maximum absolute atomic E-state index is 11.5. The first-order valence-corrected chi connectivity index (χ1v) is 13.4. The maximum atomic E-state index is 11.5. The summed E-state index contributed by atoms with van der Waals surface area (Å²) in [6.07, 6.45) is 13.5. The number of aliphatic hydroxyl groups excluding tert-OH is 2. The van der Waals surface area contributed by atoms with Gasteiger partial charge in [0.2, 0.25) is 0 Å². The van der Waals surface area contributed by atoms with Crippen LogP contribution in [0.4, 0.5) is 0 Å². The average Bonchev–Trinajstić information content (AvgIpc) is 2.68. The van der Waals surface area contributed by atoms with E-state index < -0.39 is 12.2 Å². The molecule has 4 saturated carbocycles. The first kappa shape index (κ1) is 23.2. The number of hydrogen-bond acceptors (Lipinski definition) is 2. The molecule has 180 valence electrons. The largest absolute Gasteiger partial charge is 0.392 e. The van der Waals surface area contributed by atoms with Gasteiger partial charge in [-0.3, -0.25) is 0 Å². The molecule has 8 atom stereocenters. The highest BCUT2D eigenvalue weighted by Gasteiger charge is 2.67. The summed E-state index contributed by atoms with van der Waals surface area (Å²) in [6, 6.07) is 0. The van der Waals surface area contributed by atoms with Crippen molar-refractivity contribution in [3.63, 3.8) is 0 Å². The van der Waals surface area contributed by atoms with Gasteiger partial charge in [-0.25, -0.2) is 0 Å². The number of hydrogen-bond donors (Lipinski definition) is 2. The minimum Gasteiger partial charge on any atom is -0.392 e. The Morgan fingerprint density at radius 3 is 2.09 bits per heavy atom. The predicted molar refractivity (Wildman–Crippen MR) is 132 cm³/mol. The zero-order chi connectivity index (χ0) is 23.5. The Balaban J connectivity index is 1.65. The van der Waals surface area contributed by atoms with Gasteiger partial charge in [-0.2, -0.15) is 0 Å². The zero-order valence-corrected chi connectivity index (χ0v) is 22.0. The Morgan fingerprint density at radius 1 is 0.750 bits per heavy atom. The molecule has 2 N–H and O–H groups in total. The topological polar surface area (TPSA) is 40.5 Å². The molecule has 0 bridgehead atoms. The van der Waals surface area contributed by atoms with Crippen LogP contribution in [0.5, 0.6) is 0 Å². The summed E-state index contributed by atoms with van der Waals surface area (Å²) >= 11 is 0. The number of allylic oxidation sites excluding steroid dienone is 3. The lowest BCUT2D eigenvalue weighted by Crippen LogP contribution is -2.64. The van der Waals surface area contributed by atoms with Crippen LogP contribution in [-0.4, -0.2) is 22.4 Å². The van der Waals surface area contributed by atoms with Gasteiger partial charge in [-0.1, -0.05) is 78.7 Å². The van der Waals surface area contributed by atoms with Crippen LogP contribution in [-0.2, 0) is 0 Å². The molecule has 0 radical (unpaired) electrons. The molecule has 4 fully saturated rings. The van der Waals surface area contributed by atoms with E-state index in [0.29, 0.717) is 29.1 Å². The van der Waals surface area contributed by atoms with Gasteiger partial charge < -0.3 is 10.2 Å². The highest BCUT2D eigenvalue weighted by Crippen LogP contribution is 2.74. The molecule has 0 aromatic heterocycles. The second kappa shape index (κ2) is 6.54. The second-order valence-corrected chi connectivity index (χ2v) is 14.9. The van der Waals surface area contributed by atoms with Crippen LogP contribution in [0.15, 0.2) is 23.3 Å². The summed E-state index contributed by atoms with van der Waals surface area (Å²) in [5.74, 6) is 0.994. The van der Waals surface area contributed by atoms with Crippen molar-refractivity contribution in [1.29, 1.82) is 0 Å². The Labute approximate surface area is 197 Å². The summed E-state index contributed by atoms with van der Waals surface area (Å²) in [5, 5.41) is 22.3. The van der Waals surface area contributed by atoms with Crippen LogP contribution < -0.4 is 0 Å². The summed E-state index contributed by atoms with van der Waals surface area (Å²) < 4.78 is 0. The number of rotatable bonds is 0. The van der Waals surface area contributed by atoms with E-state index in [0.717, 1.165) is 6.42 Å². The smallest absolute Gasteiger partial charge is 0.0658 e. The molecule has 2 nitrogen and oxygen atoms in total. The van der Waals surface area contributed by atoms with Gasteiger partial charge in [0.1, 0.15) is 0 Å². The van der Waals surface area contributed by atoms with Gasteiger partial charge in [0, 0.05) is 11.8 Å². The quantitative estimate of drug-likeness (QED) is 0.423. The Bertz CT molecular complexity index is 879. The minimum absolute atomic E-state index is 0.0879. The molecule has 0 saturated heterocycles. The normalized spacial score (nSPS) is 53.7. The Hall–Kier alpha value is -0.600. The molecule has 32 heavy (non-hydrogen) atoms. The van der Waals surface area contributed by atoms with Crippen molar-refractivity contribution >= 4 is 0 Å².